The Morgan fingerprint density at radius 1 is 0.964 bits per heavy atom. The average Bonchev–Trinajstić information content (AvgIpc) is 3.07. The van der Waals surface area contributed by atoms with Gasteiger partial charge in [-0.3, -0.25) is 9.59 Å². The summed E-state index contributed by atoms with van der Waals surface area (Å²) in [7, 11) is 0. The second kappa shape index (κ2) is 7.79. The van der Waals surface area contributed by atoms with Gasteiger partial charge in [0.1, 0.15) is 0 Å². The summed E-state index contributed by atoms with van der Waals surface area (Å²) in [5, 5.41) is 6.44. The summed E-state index contributed by atoms with van der Waals surface area (Å²) >= 11 is 0. The molecule has 0 unspecified atom stereocenters. The maximum Gasteiger partial charge on any atom is 0.241 e. The van der Waals surface area contributed by atoms with Gasteiger partial charge < -0.3 is 15.5 Å². The SMILES string of the molecule is Cl.O=C(CC12CC3CC(CC(C3)C1)C2)NCC(=O)N1CCC2(CCNC2)CC1. The fourth-order valence-corrected chi connectivity index (χ4v) is 7.65. The molecule has 2 aliphatic heterocycles. The zero-order valence-electron chi connectivity index (χ0n) is 17.0. The molecule has 6 heteroatoms. The van der Waals surface area contributed by atoms with Crippen molar-refractivity contribution >= 4 is 24.2 Å². The van der Waals surface area contributed by atoms with Crippen LogP contribution < -0.4 is 10.6 Å². The molecule has 1 spiro atoms. The first-order valence-electron chi connectivity index (χ1n) is 11.3. The van der Waals surface area contributed by atoms with Crippen molar-refractivity contribution in [2.45, 2.75) is 64.2 Å². The molecule has 6 aliphatic rings. The van der Waals surface area contributed by atoms with Gasteiger partial charge in [-0.2, -0.15) is 0 Å². The highest BCUT2D eigenvalue weighted by molar-refractivity contribution is 5.85. The molecule has 2 amide bonds. The fraction of sp³-hybridized carbons (Fsp3) is 0.909. The van der Waals surface area contributed by atoms with Crippen molar-refractivity contribution in [1.82, 2.24) is 15.5 Å². The van der Waals surface area contributed by atoms with E-state index in [4.69, 9.17) is 0 Å². The summed E-state index contributed by atoms with van der Waals surface area (Å²) in [6, 6.07) is 0. The van der Waals surface area contributed by atoms with Crippen LogP contribution in [0.25, 0.3) is 0 Å². The molecule has 0 atom stereocenters. The van der Waals surface area contributed by atoms with Crippen molar-refractivity contribution in [3.8, 4) is 0 Å². The average molecular weight is 410 g/mol. The van der Waals surface area contributed by atoms with Crippen LogP contribution in [0.1, 0.15) is 64.2 Å². The normalized spacial score (nSPS) is 37.7. The largest absolute Gasteiger partial charge is 0.347 e. The Bertz CT molecular complexity index is 572. The van der Waals surface area contributed by atoms with Crippen LogP contribution in [0.15, 0.2) is 0 Å². The number of amides is 2. The zero-order chi connectivity index (χ0) is 18.5. The topological polar surface area (TPSA) is 61.4 Å². The van der Waals surface area contributed by atoms with Crippen LogP contribution in [0.5, 0.6) is 0 Å². The molecular weight excluding hydrogens is 374 g/mol. The molecule has 4 saturated carbocycles. The maximum absolute atomic E-state index is 12.6. The Kier molecular flexibility index (Phi) is 5.69. The van der Waals surface area contributed by atoms with E-state index in [-0.39, 0.29) is 36.2 Å². The minimum atomic E-state index is 0. The number of nitrogens with zero attached hydrogens (tertiary/aromatic N) is 1. The van der Waals surface area contributed by atoms with Gasteiger partial charge in [-0.05, 0) is 92.9 Å². The van der Waals surface area contributed by atoms with Gasteiger partial charge in [0.05, 0.1) is 6.54 Å². The van der Waals surface area contributed by atoms with Gasteiger partial charge in [0.2, 0.25) is 11.8 Å². The molecule has 2 N–H and O–H groups in total. The zero-order valence-corrected chi connectivity index (χ0v) is 17.8. The first kappa shape index (κ1) is 20.5. The van der Waals surface area contributed by atoms with Crippen LogP contribution in [0.3, 0.4) is 0 Å². The molecule has 4 aliphatic carbocycles. The molecule has 4 bridgehead atoms. The Morgan fingerprint density at radius 3 is 2.11 bits per heavy atom. The third-order valence-electron chi connectivity index (χ3n) is 8.65. The Morgan fingerprint density at radius 2 is 1.57 bits per heavy atom. The van der Waals surface area contributed by atoms with E-state index in [2.05, 4.69) is 10.6 Å². The minimum Gasteiger partial charge on any atom is -0.347 e. The predicted octanol–water partition coefficient (Wildman–Crippen LogP) is 2.73. The number of carbonyl (C=O) groups excluding carboxylic acids is 2. The first-order valence-corrected chi connectivity index (χ1v) is 11.3. The third kappa shape index (κ3) is 3.94. The second-order valence-corrected chi connectivity index (χ2v) is 10.7. The van der Waals surface area contributed by atoms with Crippen LogP contribution in [0.2, 0.25) is 0 Å². The fourth-order valence-electron chi connectivity index (χ4n) is 7.65. The van der Waals surface area contributed by atoms with Crippen molar-refractivity contribution in [2.75, 3.05) is 32.7 Å². The Balaban J connectivity index is 0.00000192. The van der Waals surface area contributed by atoms with Gasteiger partial charge in [0.15, 0.2) is 0 Å². The predicted molar refractivity (Wildman–Crippen MR) is 111 cm³/mol. The van der Waals surface area contributed by atoms with Gasteiger partial charge in [-0.1, -0.05) is 0 Å². The van der Waals surface area contributed by atoms with Crippen LogP contribution in [-0.2, 0) is 9.59 Å². The number of halogens is 1. The summed E-state index contributed by atoms with van der Waals surface area (Å²) in [6.07, 6.45) is 12.1. The summed E-state index contributed by atoms with van der Waals surface area (Å²) in [6.45, 7) is 4.12. The lowest BCUT2D eigenvalue weighted by atomic mass is 9.49. The highest BCUT2D eigenvalue weighted by Gasteiger charge is 2.51. The molecular formula is C22H36ClN3O2. The lowest BCUT2D eigenvalue weighted by Gasteiger charge is -2.56. The van der Waals surface area contributed by atoms with Crippen molar-refractivity contribution in [3.05, 3.63) is 0 Å². The number of likely N-dealkylation sites (tertiary alicyclic amines) is 1. The second-order valence-electron chi connectivity index (χ2n) is 10.7. The van der Waals surface area contributed by atoms with Crippen LogP contribution in [-0.4, -0.2) is 49.4 Å². The van der Waals surface area contributed by atoms with E-state index in [1.807, 2.05) is 4.90 Å². The molecule has 158 valence electrons. The molecule has 2 heterocycles. The van der Waals surface area contributed by atoms with Crippen molar-refractivity contribution in [2.24, 2.45) is 28.6 Å². The summed E-state index contributed by atoms with van der Waals surface area (Å²) in [4.78, 5) is 27.2. The minimum absolute atomic E-state index is 0. The quantitative estimate of drug-likeness (QED) is 0.750. The Hall–Kier alpha value is -0.810. The number of carbonyl (C=O) groups is 2. The standard InChI is InChI=1S/C22H35N3O2.ClH/c26-19(13-22-10-16-7-17(11-22)9-18(8-16)12-22)24-14-20(27)25-5-2-21(3-6-25)1-4-23-15-21;/h16-18,23H,1-15H2,(H,24,26);1H. The van der Waals surface area contributed by atoms with E-state index in [1.165, 1.54) is 44.9 Å². The third-order valence-corrected chi connectivity index (χ3v) is 8.65. The smallest absolute Gasteiger partial charge is 0.241 e. The first-order chi connectivity index (χ1) is 13.0. The van der Waals surface area contributed by atoms with E-state index in [0.29, 0.717) is 11.8 Å². The van der Waals surface area contributed by atoms with Crippen molar-refractivity contribution in [3.63, 3.8) is 0 Å². The van der Waals surface area contributed by atoms with Gasteiger partial charge in [-0.15, -0.1) is 12.4 Å². The van der Waals surface area contributed by atoms with Crippen molar-refractivity contribution < 1.29 is 9.59 Å². The van der Waals surface area contributed by atoms with E-state index in [9.17, 15) is 9.59 Å². The van der Waals surface area contributed by atoms with Gasteiger partial charge in [-0.25, -0.2) is 0 Å². The van der Waals surface area contributed by atoms with E-state index < -0.39 is 0 Å². The lowest BCUT2D eigenvalue weighted by molar-refractivity contribution is -0.136. The van der Waals surface area contributed by atoms with E-state index >= 15 is 0 Å². The number of hydrogen-bond donors (Lipinski definition) is 2. The molecule has 28 heavy (non-hydrogen) atoms. The Labute approximate surface area is 175 Å². The molecule has 5 nitrogen and oxygen atoms in total. The highest BCUT2D eigenvalue weighted by Crippen LogP contribution is 2.61. The van der Waals surface area contributed by atoms with Gasteiger partial charge >= 0.3 is 0 Å². The van der Waals surface area contributed by atoms with Crippen LogP contribution >= 0.6 is 12.4 Å². The number of nitrogens with one attached hydrogen (secondary N) is 2. The van der Waals surface area contributed by atoms with E-state index in [0.717, 1.165) is 56.8 Å². The van der Waals surface area contributed by atoms with Crippen LogP contribution in [0.4, 0.5) is 0 Å². The number of piperidine rings is 1. The summed E-state index contributed by atoms with van der Waals surface area (Å²) < 4.78 is 0. The number of hydrogen-bond acceptors (Lipinski definition) is 3. The summed E-state index contributed by atoms with van der Waals surface area (Å²) in [5.74, 6) is 2.83. The molecule has 0 aromatic heterocycles. The molecule has 6 rings (SSSR count). The number of rotatable bonds is 4. The van der Waals surface area contributed by atoms with Gasteiger partial charge in [0, 0.05) is 26.1 Å². The monoisotopic (exact) mass is 409 g/mol. The molecule has 2 saturated heterocycles. The van der Waals surface area contributed by atoms with E-state index in [1.54, 1.807) is 0 Å². The highest BCUT2D eigenvalue weighted by atomic mass is 35.5. The van der Waals surface area contributed by atoms with Crippen LogP contribution in [0, 0.1) is 28.6 Å². The lowest BCUT2D eigenvalue weighted by Crippen LogP contribution is -2.49. The molecule has 0 aromatic rings. The maximum atomic E-state index is 12.6. The molecule has 6 fully saturated rings. The molecule has 0 radical (unpaired) electrons. The van der Waals surface area contributed by atoms with Crippen molar-refractivity contribution in [1.29, 1.82) is 0 Å². The summed E-state index contributed by atoms with van der Waals surface area (Å²) in [5.41, 5.74) is 0.688. The van der Waals surface area contributed by atoms with Gasteiger partial charge in [0.25, 0.3) is 0 Å². The molecule has 0 aromatic carbocycles.